The molecule has 0 aliphatic carbocycles. The predicted molar refractivity (Wildman–Crippen MR) is 99.0 cm³/mol. The zero-order valence-corrected chi connectivity index (χ0v) is 15.7. The van der Waals surface area contributed by atoms with Gasteiger partial charge in [0.05, 0.1) is 19.2 Å². The van der Waals surface area contributed by atoms with Gasteiger partial charge in [-0.25, -0.2) is 4.79 Å². The van der Waals surface area contributed by atoms with E-state index in [9.17, 15) is 9.90 Å². The first kappa shape index (κ1) is 18.9. The van der Waals surface area contributed by atoms with Gasteiger partial charge in [-0.15, -0.1) is 0 Å². The van der Waals surface area contributed by atoms with Gasteiger partial charge in [0.1, 0.15) is 5.56 Å². The lowest BCUT2D eigenvalue weighted by Gasteiger charge is -2.17. The summed E-state index contributed by atoms with van der Waals surface area (Å²) >= 11 is 6.33. The number of hydrogen-bond donors (Lipinski definition) is 2. The number of phenols is 1. The Morgan fingerprint density at radius 3 is 2.28 bits per heavy atom. The van der Waals surface area contributed by atoms with Crippen molar-refractivity contribution in [2.45, 2.75) is 27.3 Å². The molecule has 5 nitrogen and oxygen atoms in total. The van der Waals surface area contributed by atoms with Gasteiger partial charge in [-0.1, -0.05) is 29.3 Å². The van der Waals surface area contributed by atoms with Crippen LogP contribution in [0, 0.1) is 20.8 Å². The topological polar surface area (TPSA) is 67.8 Å². The van der Waals surface area contributed by atoms with Gasteiger partial charge in [0.15, 0.2) is 11.5 Å². The molecule has 0 heterocycles. The lowest BCUT2D eigenvalue weighted by Crippen LogP contribution is -2.08. The summed E-state index contributed by atoms with van der Waals surface area (Å²) < 4.78 is 9.86. The molecule has 0 saturated heterocycles. The minimum absolute atomic E-state index is 0.0119. The summed E-state index contributed by atoms with van der Waals surface area (Å²) in [5.41, 5.74) is 5.07. The van der Waals surface area contributed by atoms with E-state index in [0.717, 1.165) is 16.8 Å². The van der Waals surface area contributed by atoms with Crippen molar-refractivity contribution < 1.29 is 19.4 Å². The first-order chi connectivity index (χ1) is 11.8. The summed E-state index contributed by atoms with van der Waals surface area (Å²) in [5, 5.41) is 13.8. The van der Waals surface area contributed by atoms with Crippen molar-refractivity contribution in [1.82, 2.24) is 0 Å². The van der Waals surface area contributed by atoms with Gasteiger partial charge < -0.3 is 19.9 Å². The monoisotopic (exact) mass is 363 g/mol. The van der Waals surface area contributed by atoms with Crippen LogP contribution in [0.5, 0.6) is 11.5 Å². The Morgan fingerprint density at radius 1 is 1.16 bits per heavy atom. The number of carbonyl (C=O) groups excluding carboxylic acids is 1. The highest BCUT2D eigenvalue weighted by molar-refractivity contribution is 6.33. The summed E-state index contributed by atoms with van der Waals surface area (Å²) in [4.78, 5) is 11.9. The molecule has 0 aliphatic heterocycles. The number of benzene rings is 2. The Morgan fingerprint density at radius 2 is 1.76 bits per heavy atom. The molecule has 0 aliphatic rings. The van der Waals surface area contributed by atoms with Gasteiger partial charge in [0, 0.05) is 12.2 Å². The van der Waals surface area contributed by atoms with Crippen molar-refractivity contribution >= 4 is 23.3 Å². The van der Waals surface area contributed by atoms with E-state index in [-0.39, 0.29) is 22.1 Å². The van der Waals surface area contributed by atoms with Crippen molar-refractivity contribution in [1.29, 1.82) is 0 Å². The molecule has 2 aromatic carbocycles. The van der Waals surface area contributed by atoms with Crippen molar-refractivity contribution in [3.63, 3.8) is 0 Å². The van der Waals surface area contributed by atoms with E-state index in [2.05, 4.69) is 17.4 Å². The van der Waals surface area contributed by atoms with Crippen LogP contribution in [-0.4, -0.2) is 25.3 Å². The molecule has 25 heavy (non-hydrogen) atoms. The van der Waals surface area contributed by atoms with Gasteiger partial charge in [0.2, 0.25) is 0 Å². The van der Waals surface area contributed by atoms with E-state index < -0.39 is 5.97 Å². The molecule has 6 heteroatoms. The van der Waals surface area contributed by atoms with Crippen LogP contribution in [0.1, 0.15) is 32.6 Å². The molecule has 2 aromatic rings. The second kappa shape index (κ2) is 7.66. The number of ether oxygens (including phenoxy) is 2. The maximum Gasteiger partial charge on any atom is 0.341 e. The lowest BCUT2D eigenvalue weighted by atomic mass is 10.0. The largest absolute Gasteiger partial charge is 0.504 e. The maximum atomic E-state index is 11.9. The van der Waals surface area contributed by atoms with Crippen LogP contribution in [-0.2, 0) is 11.3 Å². The highest BCUT2D eigenvalue weighted by Gasteiger charge is 2.22. The Hall–Kier alpha value is -2.40. The normalized spacial score (nSPS) is 10.5. The molecule has 0 unspecified atom stereocenters. The van der Waals surface area contributed by atoms with Gasteiger partial charge in [-0.3, -0.25) is 0 Å². The molecule has 2 rings (SSSR count). The van der Waals surface area contributed by atoms with Crippen LogP contribution < -0.4 is 10.1 Å². The summed E-state index contributed by atoms with van der Waals surface area (Å²) in [5.74, 6) is -0.930. The third-order valence-electron chi connectivity index (χ3n) is 4.01. The summed E-state index contributed by atoms with van der Waals surface area (Å²) in [6.45, 7) is 6.47. The summed E-state index contributed by atoms with van der Waals surface area (Å²) in [7, 11) is 2.63. The Kier molecular flexibility index (Phi) is 5.80. The average molecular weight is 364 g/mol. The number of anilines is 1. The van der Waals surface area contributed by atoms with E-state index in [1.165, 1.54) is 25.8 Å². The van der Waals surface area contributed by atoms with Crippen LogP contribution in [0.4, 0.5) is 5.69 Å². The molecule has 0 bridgehead atoms. The van der Waals surface area contributed by atoms with Crippen LogP contribution >= 0.6 is 11.6 Å². The zero-order valence-electron chi connectivity index (χ0n) is 15.0. The zero-order chi connectivity index (χ0) is 18.7. The highest BCUT2D eigenvalue weighted by atomic mass is 35.5. The fourth-order valence-corrected chi connectivity index (χ4v) is 3.19. The number of rotatable bonds is 5. The molecule has 0 saturated carbocycles. The molecular weight excluding hydrogens is 342 g/mol. The smallest absolute Gasteiger partial charge is 0.341 e. The van der Waals surface area contributed by atoms with Gasteiger partial charge in [0.25, 0.3) is 0 Å². The number of nitrogens with one attached hydrogen (secondary N) is 1. The van der Waals surface area contributed by atoms with Crippen molar-refractivity contribution in [2.24, 2.45) is 0 Å². The number of halogens is 1. The summed E-state index contributed by atoms with van der Waals surface area (Å²) in [6, 6.07) is 5.69. The van der Waals surface area contributed by atoms with Crippen LogP contribution in [0.15, 0.2) is 18.2 Å². The number of hydrogen-bond acceptors (Lipinski definition) is 5. The molecule has 0 radical (unpaired) electrons. The van der Waals surface area contributed by atoms with E-state index in [1.54, 1.807) is 0 Å². The average Bonchev–Trinajstić information content (AvgIpc) is 2.55. The Labute approximate surface area is 152 Å². The van der Waals surface area contributed by atoms with E-state index in [0.29, 0.717) is 12.1 Å². The molecule has 0 amide bonds. The van der Waals surface area contributed by atoms with Crippen molar-refractivity contribution in [3.05, 3.63) is 51.0 Å². The molecule has 134 valence electrons. The number of methoxy groups -OCH3 is 2. The first-order valence-electron chi connectivity index (χ1n) is 7.78. The quantitative estimate of drug-likeness (QED) is 0.772. The number of aryl methyl sites for hydroxylation is 3. The predicted octanol–water partition coefficient (Wildman–Crippen LogP) is 4.38. The fraction of sp³-hybridized carbons (Fsp3) is 0.316. The molecule has 0 atom stereocenters. The van der Waals surface area contributed by atoms with E-state index in [1.807, 2.05) is 20.8 Å². The fourth-order valence-electron chi connectivity index (χ4n) is 2.90. The Balaban J connectivity index is 2.41. The minimum atomic E-state index is -0.656. The standard InChI is InChI=1S/C19H22ClNO4/c1-10-6-11(2)16(12(3)7-10)21-9-13-8-14(19(23)25-5)17(22)18(24-4)15(13)20/h6-8,21-22H,9H2,1-5H3. The molecule has 2 N–H and O–H groups in total. The molecule has 0 spiro atoms. The second-order valence-electron chi connectivity index (χ2n) is 5.90. The van der Waals surface area contributed by atoms with Crippen LogP contribution in [0.3, 0.4) is 0 Å². The molecule has 0 fully saturated rings. The van der Waals surface area contributed by atoms with Crippen LogP contribution in [0.25, 0.3) is 0 Å². The van der Waals surface area contributed by atoms with E-state index in [4.69, 9.17) is 21.1 Å². The third kappa shape index (κ3) is 3.82. The van der Waals surface area contributed by atoms with Crippen molar-refractivity contribution in [3.8, 4) is 11.5 Å². The summed E-state index contributed by atoms with van der Waals surface area (Å²) in [6.07, 6.45) is 0. The number of phenolic OH excluding ortho intramolecular Hbond substituents is 1. The minimum Gasteiger partial charge on any atom is -0.504 e. The third-order valence-corrected chi connectivity index (χ3v) is 4.43. The number of esters is 1. The van der Waals surface area contributed by atoms with Gasteiger partial charge in [-0.05, 0) is 43.5 Å². The first-order valence-corrected chi connectivity index (χ1v) is 8.16. The number of carbonyl (C=O) groups is 1. The lowest BCUT2D eigenvalue weighted by molar-refractivity contribution is 0.0596. The maximum absolute atomic E-state index is 11.9. The Bertz CT molecular complexity index is 795. The molecule has 0 aromatic heterocycles. The highest BCUT2D eigenvalue weighted by Crippen LogP contribution is 2.40. The van der Waals surface area contributed by atoms with Gasteiger partial charge in [-0.2, -0.15) is 0 Å². The van der Waals surface area contributed by atoms with Crippen LogP contribution in [0.2, 0.25) is 5.02 Å². The second-order valence-corrected chi connectivity index (χ2v) is 6.28. The number of aromatic hydroxyl groups is 1. The van der Waals surface area contributed by atoms with Gasteiger partial charge >= 0.3 is 5.97 Å². The SMILES string of the molecule is COC(=O)c1cc(CNc2c(C)cc(C)cc2C)c(Cl)c(OC)c1O. The van der Waals surface area contributed by atoms with E-state index >= 15 is 0 Å². The molecular formula is C19H22ClNO4. The van der Waals surface area contributed by atoms with Crippen molar-refractivity contribution in [2.75, 3.05) is 19.5 Å².